The number of rotatable bonds is 4. The molecule has 0 spiro atoms. The topological polar surface area (TPSA) is 69.6 Å². The Morgan fingerprint density at radius 2 is 2.00 bits per heavy atom. The molecule has 1 saturated heterocycles. The molecule has 0 aromatic rings. The Morgan fingerprint density at radius 1 is 1.33 bits per heavy atom. The molecule has 2 N–H and O–H groups in total. The highest BCUT2D eigenvalue weighted by molar-refractivity contribution is 5.85. The number of nitrogens with one attached hydrogen (secondary N) is 1. The number of carboxylic acids is 1. The zero-order chi connectivity index (χ0) is 13.8. The third-order valence-corrected chi connectivity index (χ3v) is 2.71. The molecular formula is C10H15F3N2O3. The Morgan fingerprint density at radius 3 is 2.56 bits per heavy atom. The Hall–Kier alpha value is -1.31. The van der Waals surface area contributed by atoms with Crippen LogP contribution in [0.15, 0.2) is 0 Å². The van der Waals surface area contributed by atoms with Crippen molar-refractivity contribution >= 4 is 11.9 Å². The Labute approximate surface area is 102 Å². The lowest BCUT2D eigenvalue weighted by molar-refractivity contribution is -0.152. The standard InChI is InChI=1S/C10H15F3N2O3/c11-10(12,13)6-14-5-8(16)15-4-2-1-3-7(15)9(17)18/h7,14H,1-6H2,(H,17,18)/t7-/m1/s1. The van der Waals surface area contributed by atoms with Gasteiger partial charge in [-0.15, -0.1) is 0 Å². The van der Waals surface area contributed by atoms with Crippen molar-refractivity contribution < 1.29 is 27.9 Å². The lowest BCUT2D eigenvalue weighted by Gasteiger charge is -2.33. The number of amides is 1. The van der Waals surface area contributed by atoms with Crippen LogP contribution in [0.25, 0.3) is 0 Å². The zero-order valence-corrected chi connectivity index (χ0v) is 9.66. The number of carbonyl (C=O) groups is 2. The predicted molar refractivity (Wildman–Crippen MR) is 55.9 cm³/mol. The molecule has 0 bridgehead atoms. The number of hydrogen-bond donors (Lipinski definition) is 2. The van der Waals surface area contributed by atoms with Crippen LogP contribution in [0.5, 0.6) is 0 Å². The Kier molecular flexibility index (Phi) is 4.94. The van der Waals surface area contributed by atoms with E-state index in [0.29, 0.717) is 19.3 Å². The molecule has 0 aliphatic carbocycles. The van der Waals surface area contributed by atoms with E-state index in [9.17, 15) is 22.8 Å². The van der Waals surface area contributed by atoms with E-state index < -0.39 is 37.2 Å². The molecular weight excluding hydrogens is 253 g/mol. The number of aliphatic carboxylic acids is 1. The number of alkyl halides is 3. The fraction of sp³-hybridized carbons (Fsp3) is 0.800. The number of piperidine rings is 1. The summed E-state index contributed by atoms with van der Waals surface area (Å²) in [5.41, 5.74) is 0. The van der Waals surface area contributed by atoms with E-state index in [1.807, 2.05) is 5.32 Å². The van der Waals surface area contributed by atoms with E-state index >= 15 is 0 Å². The Bertz CT molecular complexity index is 320. The molecule has 0 saturated carbocycles. The molecule has 0 radical (unpaired) electrons. The first-order chi connectivity index (χ1) is 8.31. The molecule has 1 aliphatic heterocycles. The summed E-state index contributed by atoms with van der Waals surface area (Å²) in [7, 11) is 0. The summed E-state index contributed by atoms with van der Waals surface area (Å²) >= 11 is 0. The molecule has 1 amide bonds. The first kappa shape index (κ1) is 14.7. The minimum atomic E-state index is -4.38. The van der Waals surface area contributed by atoms with Crippen molar-refractivity contribution in [1.82, 2.24) is 10.2 Å². The van der Waals surface area contributed by atoms with Gasteiger partial charge < -0.3 is 15.3 Å². The predicted octanol–water partition coefficient (Wildman–Crippen LogP) is 0.604. The maximum Gasteiger partial charge on any atom is 0.401 e. The van der Waals surface area contributed by atoms with E-state index in [0.717, 1.165) is 4.90 Å². The fourth-order valence-corrected chi connectivity index (χ4v) is 1.90. The molecule has 18 heavy (non-hydrogen) atoms. The number of nitrogens with zero attached hydrogens (tertiary/aromatic N) is 1. The zero-order valence-electron chi connectivity index (χ0n) is 9.66. The van der Waals surface area contributed by atoms with E-state index in [-0.39, 0.29) is 6.54 Å². The first-order valence-corrected chi connectivity index (χ1v) is 5.61. The highest BCUT2D eigenvalue weighted by Crippen LogP contribution is 2.17. The maximum absolute atomic E-state index is 11.9. The molecule has 0 aromatic heterocycles. The van der Waals surface area contributed by atoms with Gasteiger partial charge in [0.15, 0.2) is 0 Å². The van der Waals surface area contributed by atoms with Crippen molar-refractivity contribution in [2.75, 3.05) is 19.6 Å². The van der Waals surface area contributed by atoms with E-state index in [1.165, 1.54) is 0 Å². The number of carbonyl (C=O) groups excluding carboxylic acids is 1. The molecule has 1 fully saturated rings. The summed E-state index contributed by atoms with van der Waals surface area (Å²) in [4.78, 5) is 23.7. The van der Waals surface area contributed by atoms with Crippen LogP contribution in [0.1, 0.15) is 19.3 Å². The molecule has 1 heterocycles. The van der Waals surface area contributed by atoms with Crippen molar-refractivity contribution in [3.8, 4) is 0 Å². The molecule has 5 nitrogen and oxygen atoms in total. The van der Waals surface area contributed by atoms with Gasteiger partial charge in [-0.05, 0) is 19.3 Å². The van der Waals surface area contributed by atoms with Crippen LogP contribution in [-0.2, 0) is 9.59 Å². The minimum Gasteiger partial charge on any atom is -0.480 e. The first-order valence-electron chi connectivity index (χ1n) is 5.61. The van der Waals surface area contributed by atoms with Crippen molar-refractivity contribution in [1.29, 1.82) is 0 Å². The number of carboxylic acid groups (broad SMARTS) is 1. The second kappa shape index (κ2) is 6.03. The van der Waals surface area contributed by atoms with Crippen molar-refractivity contribution in [3.63, 3.8) is 0 Å². The molecule has 1 aliphatic rings. The van der Waals surface area contributed by atoms with Crippen LogP contribution in [0.2, 0.25) is 0 Å². The summed E-state index contributed by atoms with van der Waals surface area (Å²) in [6, 6.07) is -0.918. The second-order valence-electron chi connectivity index (χ2n) is 4.16. The van der Waals surface area contributed by atoms with Crippen LogP contribution in [0.4, 0.5) is 13.2 Å². The molecule has 0 aromatic carbocycles. The van der Waals surface area contributed by atoms with Gasteiger partial charge in [-0.3, -0.25) is 4.79 Å². The maximum atomic E-state index is 11.9. The van der Waals surface area contributed by atoms with Crippen molar-refractivity contribution in [3.05, 3.63) is 0 Å². The quantitative estimate of drug-likeness (QED) is 0.783. The molecule has 0 unspecified atom stereocenters. The summed E-state index contributed by atoms with van der Waals surface area (Å²) in [6.45, 7) is -1.48. The van der Waals surface area contributed by atoms with Gasteiger partial charge >= 0.3 is 12.1 Å². The van der Waals surface area contributed by atoms with Crippen LogP contribution < -0.4 is 5.32 Å². The lowest BCUT2D eigenvalue weighted by Crippen LogP contribution is -2.51. The molecule has 104 valence electrons. The van der Waals surface area contributed by atoms with E-state index in [1.54, 1.807) is 0 Å². The van der Waals surface area contributed by atoms with Gasteiger partial charge in [0.2, 0.25) is 5.91 Å². The number of likely N-dealkylation sites (tertiary alicyclic amines) is 1. The Balaban J connectivity index is 2.46. The van der Waals surface area contributed by atoms with Gasteiger partial charge in [-0.1, -0.05) is 0 Å². The summed E-state index contributed by atoms with van der Waals surface area (Å²) in [5, 5.41) is 10.9. The highest BCUT2D eigenvalue weighted by Gasteiger charge is 2.32. The largest absolute Gasteiger partial charge is 0.480 e. The summed E-state index contributed by atoms with van der Waals surface area (Å²) in [6.07, 6.45) is -2.65. The van der Waals surface area contributed by atoms with Gasteiger partial charge in [0.1, 0.15) is 6.04 Å². The van der Waals surface area contributed by atoms with Crippen LogP contribution >= 0.6 is 0 Å². The normalized spacial score (nSPS) is 20.8. The minimum absolute atomic E-state index is 0.281. The van der Waals surface area contributed by atoms with Gasteiger partial charge in [-0.25, -0.2) is 4.79 Å². The summed E-state index contributed by atoms with van der Waals surface area (Å²) < 4.78 is 35.6. The monoisotopic (exact) mass is 268 g/mol. The van der Waals surface area contributed by atoms with Crippen molar-refractivity contribution in [2.45, 2.75) is 31.5 Å². The fourth-order valence-electron chi connectivity index (χ4n) is 1.90. The third-order valence-electron chi connectivity index (χ3n) is 2.71. The summed E-state index contributed by atoms with van der Waals surface area (Å²) in [5.74, 6) is -1.72. The van der Waals surface area contributed by atoms with Crippen LogP contribution in [0.3, 0.4) is 0 Å². The van der Waals surface area contributed by atoms with Gasteiger partial charge in [0.05, 0.1) is 13.1 Å². The van der Waals surface area contributed by atoms with Gasteiger partial charge in [-0.2, -0.15) is 13.2 Å². The number of hydrogen-bond acceptors (Lipinski definition) is 3. The van der Waals surface area contributed by atoms with Crippen LogP contribution in [0, 0.1) is 0 Å². The number of halogens is 3. The van der Waals surface area contributed by atoms with E-state index in [4.69, 9.17) is 5.11 Å². The average molecular weight is 268 g/mol. The third kappa shape index (κ3) is 4.52. The smallest absolute Gasteiger partial charge is 0.401 e. The van der Waals surface area contributed by atoms with Crippen LogP contribution in [-0.4, -0.2) is 53.7 Å². The van der Waals surface area contributed by atoms with Gasteiger partial charge in [0, 0.05) is 6.54 Å². The molecule has 1 rings (SSSR count). The second-order valence-corrected chi connectivity index (χ2v) is 4.16. The SMILES string of the molecule is O=C(O)[C@H]1CCCCN1C(=O)CNCC(F)(F)F. The van der Waals surface area contributed by atoms with Gasteiger partial charge in [0.25, 0.3) is 0 Å². The average Bonchev–Trinajstić information content (AvgIpc) is 2.27. The highest BCUT2D eigenvalue weighted by atomic mass is 19.4. The van der Waals surface area contributed by atoms with Crippen molar-refractivity contribution in [2.24, 2.45) is 0 Å². The lowest BCUT2D eigenvalue weighted by atomic mass is 10.0. The molecule has 1 atom stereocenters. The molecule has 8 heteroatoms. The van der Waals surface area contributed by atoms with E-state index in [2.05, 4.69) is 0 Å².